The Bertz CT molecular complexity index is 607. The molecule has 0 saturated heterocycles. The number of rotatable bonds is 3. The van der Waals surface area contributed by atoms with Gasteiger partial charge < -0.3 is 0 Å². The molecule has 0 aliphatic carbocycles. The van der Waals surface area contributed by atoms with Crippen molar-refractivity contribution in [3.05, 3.63) is 65.7 Å². The van der Waals surface area contributed by atoms with Crippen molar-refractivity contribution in [2.75, 3.05) is 0 Å². The van der Waals surface area contributed by atoms with Crippen LogP contribution in [-0.4, -0.2) is 8.42 Å². The summed E-state index contributed by atoms with van der Waals surface area (Å²) in [5, 5.41) is 5.18. The van der Waals surface area contributed by atoms with Crippen LogP contribution in [0.25, 0.3) is 0 Å². The second-order valence-electron chi connectivity index (χ2n) is 3.82. The maximum Gasteiger partial charge on any atom is 0.238 e. The van der Waals surface area contributed by atoms with Gasteiger partial charge in [0.05, 0.1) is 4.90 Å². The van der Waals surface area contributed by atoms with Gasteiger partial charge in [0.2, 0.25) is 10.0 Å². The van der Waals surface area contributed by atoms with Gasteiger partial charge in [-0.1, -0.05) is 56.0 Å². The molecule has 4 heteroatoms. The molecule has 3 nitrogen and oxygen atoms in total. The third-order valence-electron chi connectivity index (χ3n) is 2.52. The highest BCUT2D eigenvalue weighted by Crippen LogP contribution is 2.17. The Labute approximate surface area is 108 Å². The fourth-order valence-electron chi connectivity index (χ4n) is 1.74. The van der Waals surface area contributed by atoms with E-state index in [4.69, 9.17) is 5.14 Å². The molecule has 0 aliphatic heterocycles. The highest BCUT2D eigenvalue weighted by molar-refractivity contribution is 7.89. The molecule has 2 aromatic rings. The Balaban J connectivity index is 0.00000162. The van der Waals surface area contributed by atoms with Crippen molar-refractivity contribution in [3.8, 4) is 0 Å². The number of hydrogen-bond acceptors (Lipinski definition) is 2. The van der Waals surface area contributed by atoms with E-state index < -0.39 is 10.0 Å². The maximum absolute atomic E-state index is 11.4. The van der Waals surface area contributed by atoms with Gasteiger partial charge in [-0.15, -0.1) is 0 Å². The van der Waals surface area contributed by atoms with Crippen LogP contribution < -0.4 is 5.14 Å². The number of hydrogen-bond donors (Lipinski definition) is 1. The van der Waals surface area contributed by atoms with Crippen LogP contribution in [0.1, 0.15) is 18.6 Å². The van der Waals surface area contributed by atoms with E-state index in [-0.39, 0.29) is 12.3 Å². The molecule has 2 rings (SSSR count). The van der Waals surface area contributed by atoms with Crippen molar-refractivity contribution in [2.45, 2.75) is 18.7 Å². The summed E-state index contributed by atoms with van der Waals surface area (Å²) in [5.41, 5.74) is 1.78. The van der Waals surface area contributed by atoms with Crippen LogP contribution in [0.2, 0.25) is 0 Å². The van der Waals surface area contributed by atoms with Crippen molar-refractivity contribution >= 4 is 10.0 Å². The van der Waals surface area contributed by atoms with Crippen molar-refractivity contribution in [3.63, 3.8) is 0 Å². The third kappa shape index (κ3) is 3.42. The van der Waals surface area contributed by atoms with Gasteiger partial charge in [-0.3, -0.25) is 0 Å². The molecular weight excluding hydrogens is 246 g/mol. The first-order valence-electron chi connectivity index (χ1n) is 5.22. The first-order chi connectivity index (χ1) is 8.07. The van der Waals surface area contributed by atoms with Crippen LogP contribution in [0.4, 0.5) is 0 Å². The summed E-state index contributed by atoms with van der Waals surface area (Å²) in [6.07, 6.45) is 0.563. The average Bonchev–Trinajstić information content (AvgIpc) is 2.30. The van der Waals surface area contributed by atoms with Crippen molar-refractivity contribution in [2.24, 2.45) is 5.14 Å². The van der Waals surface area contributed by atoms with Gasteiger partial charge in [-0.05, 0) is 23.6 Å². The molecule has 0 radical (unpaired) electrons. The van der Waals surface area contributed by atoms with E-state index in [1.165, 1.54) is 6.07 Å². The molecule has 2 N–H and O–H groups in total. The maximum atomic E-state index is 11.4. The Morgan fingerprint density at radius 3 is 2.06 bits per heavy atom. The quantitative estimate of drug-likeness (QED) is 0.925. The summed E-state index contributed by atoms with van der Waals surface area (Å²) in [6, 6.07) is 16.5. The SMILES string of the molecule is C.NS(=O)(=O)c1ccccc1Cc1ccccc1. The van der Waals surface area contributed by atoms with E-state index in [0.717, 1.165) is 11.1 Å². The van der Waals surface area contributed by atoms with Crippen LogP contribution in [0.5, 0.6) is 0 Å². The zero-order valence-electron chi connectivity index (χ0n) is 9.21. The lowest BCUT2D eigenvalue weighted by molar-refractivity contribution is 0.597. The predicted molar refractivity (Wildman–Crippen MR) is 73.8 cm³/mol. The summed E-state index contributed by atoms with van der Waals surface area (Å²) >= 11 is 0. The zero-order valence-corrected chi connectivity index (χ0v) is 10.0. The molecule has 2 aromatic carbocycles. The zero-order chi connectivity index (χ0) is 12.3. The highest BCUT2D eigenvalue weighted by Gasteiger charge is 2.12. The summed E-state index contributed by atoms with van der Waals surface area (Å²) in [5.74, 6) is 0. The fourth-order valence-corrected chi connectivity index (χ4v) is 2.52. The molecule has 0 bridgehead atoms. The lowest BCUT2D eigenvalue weighted by atomic mass is 10.1. The first-order valence-corrected chi connectivity index (χ1v) is 6.76. The first kappa shape index (κ1) is 14.4. The van der Waals surface area contributed by atoms with Crippen molar-refractivity contribution in [1.82, 2.24) is 0 Å². The molecule has 0 atom stereocenters. The third-order valence-corrected chi connectivity index (χ3v) is 3.53. The van der Waals surface area contributed by atoms with E-state index in [1.807, 2.05) is 36.4 Å². The molecule has 0 unspecified atom stereocenters. The minimum Gasteiger partial charge on any atom is -0.225 e. The van der Waals surface area contributed by atoms with Gasteiger partial charge >= 0.3 is 0 Å². The van der Waals surface area contributed by atoms with Crippen LogP contribution in [0, 0.1) is 0 Å². The van der Waals surface area contributed by atoms with Crippen molar-refractivity contribution < 1.29 is 8.42 Å². The lowest BCUT2D eigenvalue weighted by Gasteiger charge is -2.07. The van der Waals surface area contributed by atoms with Gasteiger partial charge in [0.25, 0.3) is 0 Å². The van der Waals surface area contributed by atoms with Crippen LogP contribution in [0.15, 0.2) is 59.5 Å². The fraction of sp³-hybridized carbons (Fsp3) is 0.143. The Hall–Kier alpha value is -1.65. The standard InChI is InChI=1S/C13H13NO2S.CH4/c14-17(15,16)13-9-5-4-8-12(13)10-11-6-2-1-3-7-11;/h1-9H,10H2,(H2,14,15,16);1H4. The summed E-state index contributed by atoms with van der Waals surface area (Å²) in [7, 11) is -3.65. The normalized spacial score (nSPS) is 10.7. The smallest absolute Gasteiger partial charge is 0.225 e. The Morgan fingerprint density at radius 2 is 1.44 bits per heavy atom. The molecule has 0 spiro atoms. The van der Waals surface area contributed by atoms with Crippen LogP contribution >= 0.6 is 0 Å². The Morgan fingerprint density at radius 1 is 0.889 bits per heavy atom. The molecule has 0 saturated carbocycles. The van der Waals surface area contributed by atoms with Crippen molar-refractivity contribution in [1.29, 1.82) is 0 Å². The Kier molecular flexibility index (Phi) is 4.64. The van der Waals surface area contributed by atoms with E-state index >= 15 is 0 Å². The molecule has 0 fully saturated rings. The summed E-state index contributed by atoms with van der Waals surface area (Å²) < 4.78 is 22.8. The summed E-state index contributed by atoms with van der Waals surface area (Å²) in [6.45, 7) is 0. The second kappa shape index (κ2) is 5.80. The average molecular weight is 263 g/mol. The summed E-state index contributed by atoms with van der Waals surface area (Å²) in [4.78, 5) is 0.198. The van der Waals surface area contributed by atoms with Crippen LogP contribution in [0.3, 0.4) is 0 Å². The topological polar surface area (TPSA) is 60.2 Å². The number of sulfonamides is 1. The van der Waals surface area contributed by atoms with Gasteiger partial charge in [0.15, 0.2) is 0 Å². The molecule has 18 heavy (non-hydrogen) atoms. The molecule has 0 heterocycles. The second-order valence-corrected chi connectivity index (χ2v) is 5.34. The van der Waals surface area contributed by atoms with E-state index in [9.17, 15) is 8.42 Å². The van der Waals surface area contributed by atoms with Gasteiger partial charge in [-0.25, -0.2) is 13.6 Å². The molecule has 0 aliphatic rings. The monoisotopic (exact) mass is 263 g/mol. The molecule has 0 amide bonds. The molecule has 0 aromatic heterocycles. The number of primary sulfonamides is 1. The van der Waals surface area contributed by atoms with E-state index in [0.29, 0.717) is 6.42 Å². The number of nitrogens with two attached hydrogens (primary N) is 1. The molecular formula is C14H17NO2S. The van der Waals surface area contributed by atoms with Crippen LogP contribution in [-0.2, 0) is 16.4 Å². The van der Waals surface area contributed by atoms with Gasteiger partial charge in [-0.2, -0.15) is 0 Å². The largest absolute Gasteiger partial charge is 0.238 e. The minimum absolute atomic E-state index is 0. The van der Waals surface area contributed by atoms with E-state index in [2.05, 4.69) is 0 Å². The predicted octanol–water partition coefficient (Wildman–Crippen LogP) is 2.56. The molecule has 96 valence electrons. The van der Waals surface area contributed by atoms with E-state index in [1.54, 1.807) is 12.1 Å². The number of benzene rings is 2. The minimum atomic E-state index is -3.65. The van der Waals surface area contributed by atoms with Gasteiger partial charge in [0.1, 0.15) is 0 Å². The lowest BCUT2D eigenvalue weighted by Crippen LogP contribution is -2.14. The van der Waals surface area contributed by atoms with Gasteiger partial charge in [0, 0.05) is 0 Å². The highest BCUT2D eigenvalue weighted by atomic mass is 32.2.